The summed E-state index contributed by atoms with van der Waals surface area (Å²) in [5.41, 5.74) is 2.53. The first-order valence-electron chi connectivity index (χ1n) is 7.80. The van der Waals surface area contributed by atoms with Crippen LogP contribution in [-0.4, -0.2) is 17.6 Å². The van der Waals surface area contributed by atoms with Crippen LogP contribution in [0.1, 0.15) is 66.4 Å². The zero-order valence-corrected chi connectivity index (χ0v) is 13.7. The fourth-order valence-electron chi connectivity index (χ4n) is 2.50. The van der Waals surface area contributed by atoms with Crippen molar-refractivity contribution in [2.45, 2.75) is 46.0 Å². The molecule has 0 saturated heterocycles. The predicted molar refractivity (Wildman–Crippen MR) is 87.1 cm³/mol. The molecule has 0 bridgehead atoms. The highest BCUT2D eigenvalue weighted by Crippen LogP contribution is 2.22. The number of aryl methyl sites for hydroxylation is 1. The molecular formula is C18H24N2O2. The lowest BCUT2D eigenvalue weighted by atomic mass is 9.98. The molecule has 1 atom stereocenters. The summed E-state index contributed by atoms with van der Waals surface area (Å²) in [5, 5.41) is 6.90. The van der Waals surface area contributed by atoms with Gasteiger partial charge in [0, 0.05) is 12.5 Å². The Labute approximate surface area is 131 Å². The van der Waals surface area contributed by atoms with Gasteiger partial charge >= 0.3 is 0 Å². The largest absolute Gasteiger partial charge is 0.360 e. The molecule has 0 radical (unpaired) electrons. The van der Waals surface area contributed by atoms with Gasteiger partial charge in [-0.2, -0.15) is 0 Å². The van der Waals surface area contributed by atoms with Crippen LogP contribution < -0.4 is 5.32 Å². The van der Waals surface area contributed by atoms with E-state index < -0.39 is 0 Å². The first-order chi connectivity index (χ1) is 10.5. The molecule has 4 nitrogen and oxygen atoms in total. The molecule has 1 aromatic heterocycles. The van der Waals surface area contributed by atoms with Crippen molar-refractivity contribution >= 4 is 5.91 Å². The van der Waals surface area contributed by atoms with Crippen LogP contribution in [-0.2, 0) is 0 Å². The van der Waals surface area contributed by atoms with Crippen LogP contribution in [0.5, 0.6) is 0 Å². The number of hydrogen-bond acceptors (Lipinski definition) is 3. The molecule has 1 amide bonds. The Balaban J connectivity index is 1.92. The third-order valence-electron chi connectivity index (χ3n) is 3.87. The minimum Gasteiger partial charge on any atom is -0.360 e. The Morgan fingerprint density at radius 3 is 2.55 bits per heavy atom. The summed E-state index contributed by atoms with van der Waals surface area (Å²) in [6.07, 6.45) is 0.900. The first-order valence-corrected chi connectivity index (χ1v) is 7.80. The van der Waals surface area contributed by atoms with E-state index in [0.717, 1.165) is 6.42 Å². The summed E-state index contributed by atoms with van der Waals surface area (Å²) in [7, 11) is 0. The molecule has 118 valence electrons. The van der Waals surface area contributed by atoms with Crippen molar-refractivity contribution in [1.29, 1.82) is 0 Å². The number of benzene rings is 1. The topological polar surface area (TPSA) is 55.1 Å². The summed E-state index contributed by atoms with van der Waals surface area (Å²) in [6.45, 7) is 8.60. The maximum atomic E-state index is 12.4. The minimum atomic E-state index is -0.0947. The van der Waals surface area contributed by atoms with Crippen LogP contribution >= 0.6 is 0 Å². The number of nitrogens with one attached hydrogen (secondary N) is 1. The molecule has 2 aromatic rings. The molecule has 1 aromatic carbocycles. The predicted octanol–water partition coefficient (Wildman–Crippen LogP) is 4.03. The molecule has 2 rings (SSSR count). The standard InChI is InChI=1S/C18H24N2O2/c1-12(2)17-16(14(4)20-22-17)18(21)19-11-10-13(3)15-8-6-5-7-9-15/h5-9,12-13H,10-11H2,1-4H3,(H,19,21). The van der Waals surface area contributed by atoms with Crippen LogP contribution in [0.4, 0.5) is 0 Å². The molecule has 1 N–H and O–H groups in total. The van der Waals surface area contributed by atoms with Gasteiger partial charge in [0.05, 0.1) is 5.69 Å². The van der Waals surface area contributed by atoms with E-state index in [9.17, 15) is 4.79 Å². The van der Waals surface area contributed by atoms with Crippen molar-refractivity contribution in [3.63, 3.8) is 0 Å². The van der Waals surface area contributed by atoms with E-state index in [1.54, 1.807) is 6.92 Å². The SMILES string of the molecule is Cc1noc(C(C)C)c1C(=O)NCCC(C)c1ccccc1. The second kappa shape index (κ2) is 7.25. The van der Waals surface area contributed by atoms with Crippen LogP contribution in [0.25, 0.3) is 0 Å². The Kier molecular flexibility index (Phi) is 5.36. The Hall–Kier alpha value is -2.10. The number of amides is 1. The second-order valence-electron chi connectivity index (χ2n) is 6.02. The highest BCUT2D eigenvalue weighted by atomic mass is 16.5. The van der Waals surface area contributed by atoms with Gasteiger partial charge in [0.25, 0.3) is 5.91 Å². The van der Waals surface area contributed by atoms with E-state index in [1.165, 1.54) is 5.56 Å². The first kappa shape index (κ1) is 16.3. The van der Waals surface area contributed by atoms with Gasteiger partial charge in [0.1, 0.15) is 5.56 Å². The van der Waals surface area contributed by atoms with Crippen LogP contribution in [0.15, 0.2) is 34.9 Å². The van der Waals surface area contributed by atoms with E-state index in [-0.39, 0.29) is 11.8 Å². The lowest BCUT2D eigenvalue weighted by molar-refractivity contribution is 0.0949. The van der Waals surface area contributed by atoms with E-state index in [2.05, 4.69) is 29.5 Å². The van der Waals surface area contributed by atoms with Crippen molar-refractivity contribution in [2.75, 3.05) is 6.54 Å². The van der Waals surface area contributed by atoms with Crippen molar-refractivity contribution in [2.24, 2.45) is 0 Å². The van der Waals surface area contributed by atoms with Gasteiger partial charge in [-0.1, -0.05) is 56.3 Å². The minimum absolute atomic E-state index is 0.0947. The van der Waals surface area contributed by atoms with Crippen molar-refractivity contribution in [3.05, 3.63) is 52.9 Å². The Morgan fingerprint density at radius 1 is 1.23 bits per heavy atom. The normalized spacial score (nSPS) is 12.4. The van der Waals surface area contributed by atoms with E-state index in [0.29, 0.717) is 29.5 Å². The molecule has 0 aliphatic rings. The third kappa shape index (κ3) is 3.75. The highest BCUT2D eigenvalue weighted by molar-refractivity contribution is 5.96. The summed E-state index contributed by atoms with van der Waals surface area (Å²) in [4.78, 5) is 12.4. The number of rotatable bonds is 6. The van der Waals surface area contributed by atoms with Crippen LogP contribution in [0.2, 0.25) is 0 Å². The summed E-state index contributed by atoms with van der Waals surface area (Å²) in [5.74, 6) is 1.12. The maximum Gasteiger partial charge on any atom is 0.256 e. The zero-order valence-electron chi connectivity index (χ0n) is 13.7. The number of nitrogens with zero attached hydrogens (tertiary/aromatic N) is 1. The van der Waals surface area contributed by atoms with Gasteiger partial charge in [0.15, 0.2) is 5.76 Å². The fraction of sp³-hybridized carbons (Fsp3) is 0.444. The van der Waals surface area contributed by atoms with Crippen molar-refractivity contribution < 1.29 is 9.32 Å². The molecule has 0 saturated carbocycles. The van der Waals surface area contributed by atoms with Gasteiger partial charge in [-0.05, 0) is 24.8 Å². The summed E-state index contributed by atoms with van der Waals surface area (Å²) < 4.78 is 5.26. The van der Waals surface area contributed by atoms with Crippen LogP contribution in [0, 0.1) is 6.92 Å². The van der Waals surface area contributed by atoms with Gasteiger partial charge in [-0.3, -0.25) is 4.79 Å². The van der Waals surface area contributed by atoms with Gasteiger partial charge in [-0.25, -0.2) is 0 Å². The third-order valence-corrected chi connectivity index (χ3v) is 3.87. The molecule has 4 heteroatoms. The van der Waals surface area contributed by atoms with Crippen molar-refractivity contribution in [1.82, 2.24) is 10.5 Å². The van der Waals surface area contributed by atoms with E-state index in [1.807, 2.05) is 32.0 Å². The summed E-state index contributed by atoms with van der Waals surface area (Å²) >= 11 is 0. The molecule has 22 heavy (non-hydrogen) atoms. The summed E-state index contributed by atoms with van der Waals surface area (Å²) in [6, 6.07) is 10.3. The molecule has 0 spiro atoms. The average molecular weight is 300 g/mol. The Bertz CT molecular complexity index is 617. The zero-order chi connectivity index (χ0) is 16.1. The fourth-order valence-corrected chi connectivity index (χ4v) is 2.50. The van der Waals surface area contributed by atoms with Crippen LogP contribution in [0.3, 0.4) is 0 Å². The molecular weight excluding hydrogens is 276 g/mol. The van der Waals surface area contributed by atoms with Gasteiger partial charge in [0.2, 0.25) is 0 Å². The van der Waals surface area contributed by atoms with Crippen molar-refractivity contribution in [3.8, 4) is 0 Å². The molecule has 0 aliphatic carbocycles. The molecule has 1 unspecified atom stereocenters. The Morgan fingerprint density at radius 2 is 1.91 bits per heavy atom. The lowest BCUT2D eigenvalue weighted by Crippen LogP contribution is -2.26. The highest BCUT2D eigenvalue weighted by Gasteiger charge is 2.22. The average Bonchev–Trinajstić information content (AvgIpc) is 2.90. The molecule has 0 fully saturated rings. The lowest BCUT2D eigenvalue weighted by Gasteiger charge is -2.12. The van der Waals surface area contributed by atoms with E-state index >= 15 is 0 Å². The van der Waals surface area contributed by atoms with Gasteiger partial charge < -0.3 is 9.84 Å². The maximum absolute atomic E-state index is 12.4. The smallest absolute Gasteiger partial charge is 0.256 e. The number of hydrogen-bond donors (Lipinski definition) is 1. The van der Waals surface area contributed by atoms with Gasteiger partial charge in [-0.15, -0.1) is 0 Å². The number of aromatic nitrogens is 1. The second-order valence-corrected chi connectivity index (χ2v) is 6.02. The monoisotopic (exact) mass is 300 g/mol. The van der Waals surface area contributed by atoms with E-state index in [4.69, 9.17) is 4.52 Å². The molecule has 1 heterocycles. The number of carbonyl (C=O) groups excluding carboxylic acids is 1. The number of carbonyl (C=O) groups is 1. The molecule has 0 aliphatic heterocycles. The quantitative estimate of drug-likeness (QED) is 0.876.